The van der Waals surface area contributed by atoms with E-state index in [1.807, 2.05) is 5.32 Å². The summed E-state index contributed by atoms with van der Waals surface area (Å²) in [4.78, 5) is 11.3. The van der Waals surface area contributed by atoms with Gasteiger partial charge in [0.1, 0.15) is 0 Å². The fourth-order valence-electron chi connectivity index (χ4n) is 2.73. The van der Waals surface area contributed by atoms with Gasteiger partial charge in [-0.15, -0.1) is 0 Å². The summed E-state index contributed by atoms with van der Waals surface area (Å²) in [6.07, 6.45) is -3.48. The van der Waals surface area contributed by atoms with Crippen LogP contribution in [0.1, 0.15) is 51.9 Å². The highest BCUT2D eigenvalue weighted by Crippen LogP contribution is 2.22. The van der Waals surface area contributed by atoms with E-state index >= 15 is 0 Å². The van der Waals surface area contributed by atoms with E-state index in [1.54, 1.807) is 36.4 Å². The van der Waals surface area contributed by atoms with Crippen molar-refractivity contribution < 1.29 is 27.3 Å². The van der Waals surface area contributed by atoms with Crippen molar-refractivity contribution in [2.45, 2.75) is 25.8 Å². The first-order chi connectivity index (χ1) is 17.5. The molecule has 29 heavy (non-hydrogen) atoms. The van der Waals surface area contributed by atoms with Crippen LogP contribution in [0.15, 0.2) is 72.7 Å². The van der Waals surface area contributed by atoms with Crippen LogP contribution in [0.5, 0.6) is 0 Å². The topological polar surface area (TPSA) is 69.6 Å². The van der Waals surface area contributed by atoms with Crippen molar-refractivity contribution in [1.82, 2.24) is 5.32 Å². The molecule has 0 unspecified atom stereocenters. The SMILES string of the molecule is [2H]c1c([2H])c(C)c([2H])c([C@@]([2H])(O)C([2H])([2H])NC([2H])([2H])CCc2cccc(-c3cccc(C(=O)O)c3)c2)c1[2H]. The maximum absolute atomic E-state index is 11.3. The smallest absolute Gasteiger partial charge is 0.335 e. The lowest BCUT2D eigenvalue weighted by molar-refractivity contribution is 0.0697. The van der Waals surface area contributed by atoms with Crippen molar-refractivity contribution in [3.63, 3.8) is 0 Å². The molecule has 0 amide bonds. The lowest BCUT2D eigenvalue weighted by Crippen LogP contribution is -2.22. The zero-order chi connectivity index (χ0) is 28.6. The monoisotopic (exact) mass is 398 g/mol. The molecule has 3 aromatic rings. The van der Waals surface area contributed by atoms with Gasteiger partial charge < -0.3 is 15.5 Å². The van der Waals surface area contributed by atoms with E-state index in [9.17, 15) is 15.0 Å². The van der Waals surface area contributed by atoms with E-state index in [-0.39, 0.29) is 24.0 Å². The van der Waals surface area contributed by atoms with Crippen LogP contribution >= 0.6 is 0 Å². The number of aryl methyl sites for hydroxylation is 1. The highest BCUT2D eigenvalue weighted by molar-refractivity contribution is 5.89. The van der Waals surface area contributed by atoms with Crippen LogP contribution in [-0.2, 0) is 6.42 Å². The average molecular weight is 399 g/mol. The average Bonchev–Trinajstić information content (AvgIpc) is 2.84. The van der Waals surface area contributed by atoms with Crippen molar-refractivity contribution in [3.05, 3.63) is 95.0 Å². The van der Waals surface area contributed by atoms with Gasteiger partial charge >= 0.3 is 5.97 Å². The molecule has 0 aromatic heterocycles. The van der Waals surface area contributed by atoms with E-state index in [1.165, 1.54) is 19.1 Å². The normalized spacial score (nSPS) is 18.5. The summed E-state index contributed by atoms with van der Waals surface area (Å²) < 4.78 is 73.2. The minimum Gasteiger partial charge on any atom is -0.478 e. The third kappa shape index (κ3) is 6.01. The van der Waals surface area contributed by atoms with Gasteiger partial charge in [-0.05, 0) is 60.6 Å². The number of hydrogen-bond donors (Lipinski definition) is 3. The zero-order valence-electron chi connectivity index (χ0n) is 24.8. The first-order valence-electron chi connectivity index (χ1n) is 13.5. The van der Waals surface area contributed by atoms with Crippen molar-refractivity contribution >= 4 is 5.97 Å². The molecule has 0 radical (unpaired) electrons. The van der Waals surface area contributed by atoms with Gasteiger partial charge in [0.15, 0.2) is 0 Å². The Morgan fingerprint density at radius 2 is 1.97 bits per heavy atom. The molecule has 0 saturated carbocycles. The Morgan fingerprint density at radius 1 is 1.21 bits per heavy atom. The predicted octanol–water partition coefficient (Wildman–Crippen LogP) is 4.62. The molecule has 0 spiro atoms. The van der Waals surface area contributed by atoms with Crippen molar-refractivity contribution in [1.29, 1.82) is 0 Å². The van der Waals surface area contributed by atoms with Crippen LogP contribution in [0.4, 0.5) is 0 Å². The number of nitrogens with one attached hydrogen (secondary N) is 1. The van der Waals surface area contributed by atoms with E-state index in [0.29, 0.717) is 16.7 Å². The second-order valence-electron chi connectivity index (χ2n) is 6.36. The van der Waals surface area contributed by atoms with Crippen LogP contribution in [0, 0.1) is 6.92 Å². The first-order valence-corrected chi connectivity index (χ1v) is 9.00. The van der Waals surface area contributed by atoms with Crippen LogP contribution in [0.3, 0.4) is 0 Å². The fraction of sp³-hybridized carbons (Fsp3) is 0.240. The number of hydrogen-bond acceptors (Lipinski definition) is 3. The number of rotatable bonds is 9. The van der Waals surface area contributed by atoms with Crippen LogP contribution in [0.25, 0.3) is 11.1 Å². The van der Waals surface area contributed by atoms with E-state index in [0.717, 1.165) is 0 Å². The van der Waals surface area contributed by atoms with Crippen molar-refractivity contribution in [2.24, 2.45) is 0 Å². The standard InChI is InChI=1S/C25H27NO3/c1-18-6-2-11-22(14-18)24(27)17-26-13-5-8-19-7-3-9-20(15-19)21-10-4-12-23(16-21)25(28)29/h2-4,6-7,9-12,14-16,24,26-27H,5,8,13,17H2,1H3,(H,28,29)/t24-/m0/s1/i2D,6D,11D,13D2,14D,17D2,24D. The summed E-state index contributed by atoms with van der Waals surface area (Å²) in [5.41, 5.74) is 1.22. The summed E-state index contributed by atoms with van der Waals surface area (Å²) in [5, 5.41) is 22.1. The van der Waals surface area contributed by atoms with Gasteiger partial charge in [0.25, 0.3) is 0 Å². The van der Waals surface area contributed by atoms with E-state index in [2.05, 4.69) is 0 Å². The van der Waals surface area contributed by atoms with Gasteiger partial charge in [-0.2, -0.15) is 0 Å². The van der Waals surface area contributed by atoms with Crippen LogP contribution in [0.2, 0.25) is 0 Å². The van der Waals surface area contributed by atoms with Gasteiger partial charge in [-0.1, -0.05) is 66.1 Å². The molecule has 0 aliphatic carbocycles. The van der Waals surface area contributed by atoms with Gasteiger partial charge in [0.2, 0.25) is 0 Å². The van der Waals surface area contributed by atoms with E-state index in [4.69, 9.17) is 12.3 Å². The molecule has 0 bridgehead atoms. The molecule has 0 aliphatic rings. The number of benzene rings is 3. The molecule has 0 fully saturated rings. The minimum absolute atomic E-state index is 0.112. The molecule has 1 atom stereocenters. The molecule has 4 nitrogen and oxygen atoms in total. The Labute approximate surface area is 184 Å². The number of carboxylic acid groups (broad SMARTS) is 1. The number of carbonyl (C=O) groups is 1. The summed E-state index contributed by atoms with van der Waals surface area (Å²) >= 11 is 0. The summed E-state index contributed by atoms with van der Waals surface area (Å²) in [6.45, 7) is -4.35. The van der Waals surface area contributed by atoms with Gasteiger partial charge in [0, 0.05) is 12.0 Å². The lowest BCUT2D eigenvalue weighted by atomic mass is 9.99. The number of aliphatic hydroxyl groups is 1. The Balaban J connectivity index is 1.82. The summed E-state index contributed by atoms with van der Waals surface area (Å²) in [5.74, 6) is -1.06. The van der Waals surface area contributed by atoms with Crippen molar-refractivity contribution in [2.75, 3.05) is 13.0 Å². The van der Waals surface area contributed by atoms with Gasteiger partial charge in [-0.25, -0.2) is 4.79 Å². The Morgan fingerprint density at radius 3 is 2.76 bits per heavy atom. The fourth-order valence-corrected chi connectivity index (χ4v) is 2.73. The lowest BCUT2D eigenvalue weighted by Gasteiger charge is -2.13. The number of carboxylic acids is 1. The summed E-state index contributed by atoms with van der Waals surface area (Å²) in [7, 11) is 0. The molecule has 4 heteroatoms. The molecular formula is C25H27NO3. The quantitative estimate of drug-likeness (QED) is 0.492. The van der Waals surface area contributed by atoms with Gasteiger partial charge in [-0.3, -0.25) is 0 Å². The molecule has 3 N–H and O–H groups in total. The Hall–Kier alpha value is -2.95. The Bertz CT molecular complexity index is 1350. The predicted molar refractivity (Wildman–Crippen MR) is 116 cm³/mol. The second kappa shape index (κ2) is 10.0. The highest BCUT2D eigenvalue weighted by Gasteiger charge is 2.07. The maximum Gasteiger partial charge on any atom is 0.335 e. The van der Waals surface area contributed by atoms with Gasteiger partial charge in [0.05, 0.1) is 18.5 Å². The second-order valence-corrected chi connectivity index (χ2v) is 6.36. The molecular weight excluding hydrogens is 362 g/mol. The zero-order valence-corrected chi connectivity index (χ0v) is 15.8. The first kappa shape index (κ1) is 11.9. The molecule has 3 aromatic carbocycles. The maximum atomic E-state index is 11.3. The van der Waals surface area contributed by atoms with E-state index < -0.39 is 54.8 Å². The largest absolute Gasteiger partial charge is 0.478 e. The third-order valence-electron chi connectivity index (χ3n) is 4.16. The Kier molecular flexibility index (Phi) is 4.11. The summed E-state index contributed by atoms with van der Waals surface area (Å²) in [6, 6.07) is 10.7. The molecule has 3 rings (SSSR count). The third-order valence-corrected chi connectivity index (χ3v) is 4.16. The minimum atomic E-state index is -3.32. The highest BCUT2D eigenvalue weighted by atomic mass is 16.4. The number of aromatic carboxylic acids is 1. The molecule has 150 valence electrons. The van der Waals surface area contributed by atoms with Crippen LogP contribution < -0.4 is 5.32 Å². The van der Waals surface area contributed by atoms with Crippen molar-refractivity contribution in [3.8, 4) is 11.1 Å². The molecule has 0 heterocycles. The van der Waals surface area contributed by atoms with Crippen LogP contribution in [-0.4, -0.2) is 29.2 Å². The molecule has 0 saturated heterocycles. The molecule has 0 aliphatic heterocycles.